The largest absolute Gasteiger partial charge is 0.309 e. The molecule has 0 aliphatic rings. The van der Waals surface area contributed by atoms with Crippen LogP contribution in [0.2, 0.25) is 0 Å². The lowest BCUT2D eigenvalue weighted by Gasteiger charge is -2.15. The topological polar surface area (TPSA) is 52.5 Å². The molecule has 0 atom stereocenters. The van der Waals surface area contributed by atoms with Gasteiger partial charge in [-0.25, -0.2) is 0 Å². The number of nitriles is 2. The van der Waals surface area contributed by atoms with Crippen LogP contribution in [0.3, 0.4) is 0 Å². The van der Waals surface area contributed by atoms with E-state index in [2.05, 4.69) is 126 Å². The molecule has 0 N–H and O–H groups in total. The van der Waals surface area contributed by atoms with Crippen molar-refractivity contribution in [2.24, 2.45) is 0 Å². The first-order chi connectivity index (χ1) is 20.2. The Labute approximate surface area is 237 Å². The van der Waals surface area contributed by atoms with Gasteiger partial charge in [0.05, 0.1) is 34.3 Å². The highest BCUT2D eigenvalue weighted by Crippen LogP contribution is 2.36. The maximum absolute atomic E-state index is 9.86. The average Bonchev–Trinajstić information content (AvgIpc) is 3.09. The predicted octanol–water partition coefficient (Wildman–Crippen LogP) is 9.62. The summed E-state index contributed by atoms with van der Waals surface area (Å²) in [7, 11) is 0. The van der Waals surface area contributed by atoms with Crippen molar-refractivity contribution in [1.82, 2.24) is 4.57 Å². The van der Waals surface area contributed by atoms with E-state index in [1.807, 2.05) is 24.3 Å². The molecule has 0 unspecified atom stereocenters. The minimum absolute atomic E-state index is 0.444. The van der Waals surface area contributed by atoms with E-state index in [1.165, 1.54) is 0 Å². The van der Waals surface area contributed by atoms with Crippen molar-refractivity contribution in [3.8, 4) is 29.0 Å². The SMILES string of the molecule is N#Cc1cc(C#N)cc(-n2c3ccccc3c3ccccc3c3ccccc3c3cc(-c4ccccc4)ccc32)c1. The number of hydrogen-bond donors (Lipinski definition) is 0. The Bertz CT molecular complexity index is 2250. The van der Waals surface area contributed by atoms with E-state index < -0.39 is 0 Å². The Morgan fingerprint density at radius 2 is 0.878 bits per heavy atom. The van der Waals surface area contributed by atoms with Gasteiger partial charge in [-0.15, -0.1) is 0 Å². The van der Waals surface area contributed by atoms with E-state index in [0.717, 1.165) is 60.2 Å². The average molecular weight is 522 g/mol. The van der Waals surface area contributed by atoms with Crippen molar-refractivity contribution >= 4 is 43.4 Å². The molecular formula is C38H23N3. The third-order valence-electron chi connectivity index (χ3n) is 7.65. The van der Waals surface area contributed by atoms with Crippen LogP contribution >= 0.6 is 0 Å². The molecule has 1 aromatic heterocycles. The molecule has 3 heteroatoms. The third kappa shape index (κ3) is 4.14. The summed E-state index contributed by atoms with van der Waals surface area (Å²) in [6, 6.07) is 52.2. The van der Waals surface area contributed by atoms with Crippen molar-refractivity contribution in [1.29, 1.82) is 10.5 Å². The van der Waals surface area contributed by atoms with E-state index >= 15 is 0 Å². The van der Waals surface area contributed by atoms with Gasteiger partial charge in [-0.2, -0.15) is 10.5 Å². The fraction of sp³-hybridized carbons (Fsp3) is 0. The highest BCUT2D eigenvalue weighted by Gasteiger charge is 2.13. The molecular weight excluding hydrogens is 498 g/mol. The summed E-state index contributed by atoms with van der Waals surface area (Å²) in [5, 5.41) is 26.4. The maximum Gasteiger partial charge on any atom is 0.0992 e. The molecule has 0 spiro atoms. The summed E-state index contributed by atoms with van der Waals surface area (Å²) in [6.07, 6.45) is 0. The van der Waals surface area contributed by atoms with E-state index in [9.17, 15) is 10.5 Å². The molecule has 0 aliphatic carbocycles. The van der Waals surface area contributed by atoms with Gasteiger partial charge in [-0.1, -0.05) is 103 Å². The van der Waals surface area contributed by atoms with Crippen molar-refractivity contribution in [2.45, 2.75) is 0 Å². The zero-order valence-corrected chi connectivity index (χ0v) is 22.1. The molecule has 3 nitrogen and oxygen atoms in total. The zero-order chi connectivity index (χ0) is 27.8. The second kappa shape index (κ2) is 10.0. The van der Waals surface area contributed by atoms with E-state index in [4.69, 9.17) is 0 Å². The van der Waals surface area contributed by atoms with Crippen LogP contribution in [0.1, 0.15) is 11.1 Å². The van der Waals surface area contributed by atoms with Gasteiger partial charge in [0.25, 0.3) is 0 Å². The van der Waals surface area contributed by atoms with Crippen molar-refractivity contribution in [3.63, 3.8) is 0 Å². The number of para-hydroxylation sites is 1. The van der Waals surface area contributed by atoms with Crippen LogP contribution in [-0.2, 0) is 0 Å². The lowest BCUT2D eigenvalue weighted by Crippen LogP contribution is -1.99. The molecule has 0 amide bonds. The van der Waals surface area contributed by atoms with E-state index in [-0.39, 0.29) is 0 Å². The molecule has 0 saturated heterocycles. The van der Waals surface area contributed by atoms with Crippen LogP contribution in [-0.4, -0.2) is 4.57 Å². The quantitative estimate of drug-likeness (QED) is 0.227. The van der Waals surface area contributed by atoms with Gasteiger partial charge in [-0.3, -0.25) is 0 Å². The Balaban J connectivity index is 1.83. The van der Waals surface area contributed by atoms with Crippen LogP contribution in [0.4, 0.5) is 0 Å². The molecule has 1 heterocycles. The lowest BCUT2D eigenvalue weighted by atomic mass is 9.99. The monoisotopic (exact) mass is 521 g/mol. The third-order valence-corrected chi connectivity index (χ3v) is 7.65. The molecule has 7 aromatic rings. The fourth-order valence-corrected chi connectivity index (χ4v) is 5.84. The van der Waals surface area contributed by atoms with Crippen LogP contribution in [0.15, 0.2) is 140 Å². The smallest absolute Gasteiger partial charge is 0.0992 e. The zero-order valence-electron chi connectivity index (χ0n) is 22.1. The first kappa shape index (κ1) is 24.2. The maximum atomic E-state index is 9.86. The van der Waals surface area contributed by atoms with Crippen LogP contribution < -0.4 is 0 Å². The molecule has 0 bridgehead atoms. The van der Waals surface area contributed by atoms with Gasteiger partial charge in [0.1, 0.15) is 0 Å². The summed E-state index contributed by atoms with van der Waals surface area (Å²) in [5.41, 5.74) is 5.84. The molecule has 0 radical (unpaired) electrons. The number of nitrogens with zero attached hydrogens (tertiary/aromatic N) is 3. The Morgan fingerprint density at radius 3 is 1.49 bits per heavy atom. The molecule has 41 heavy (non-hydrogen) atoms. The minimum atomic E-state index is 0.444. The lowest BCUT2D eigenvalue weighted by molar-refractivity contribution is 1.16. The number of fused-ring (bicyclic) bond motifs is 7. The highest BCUT2D eigenvalue weighted by molar-refractivity contribution is 6.19. The predicted molar refractivity (Wildman–Crippen MR) is 168 cm³/mol. The van der Waals surface area contributed by atoms with Gasteiger partial charge in [-0.05, 0) is 69.1 Å². The van der Waals surface area contributed by atoms with Crippen molar-refractivity contribution in [2.75, 3.05) is 0 Å². The van der Waals surface area contributed by atoms with Crippen molar-refractivity contribution in [3.05, 3.63) is 151 Å². The summed E-state index contributed by atoms with van der Waals surface area (Å²) in [4.78, 5) is 0. The number of benzene rings is 6. The second-order valence-electron chi connectivity index (χ2n) is 10.0. The van der Waals surface area contributed by atoms with Gasteiger partial charge in [0.2, 0.25) is 0 Å². The molecule has 0 saturated carbocycles. The molecule has 6 aromatic carbocycles. The number of aromatic nitrogens is 1. The van der Waals surface area contributed by atoms with Gasteiger partial charge >= 0.3 is 0 Å². The van der Waals surface area contributed by atoms with Gasteiger partial charge in [0.15, 0.2) is 0 Å². The molecule has 190 valence electrons. The Kier molecular flexibility index (Phi) is 5.90. The minimum Gasteiger partial charge on any atom is -0.309 e. The van der Waals surface area contributed by atoms with Crippen LogP contribution in [0, 0.1) is 22.7 Å². The van der Waals surface area contributed by atoms with Gasteiger partial charge < -0.3 is 4.57 Å². The van der Waals surface area contributed by atoms with E-state index in [0.29, 0.717) is 11.1 Å². The fourth-order valence-electron chi connectivity index (χ4n) is 5.84. The number of rotatable bonds is 2. The van der Waals surface area contributed by atoms with Crippen molar-refractivity contribution < 1.29 is 0 Å². The molecule has 7 rings (SSSR count). The van der Waals surface area contributed by atoms with Gasteiger partial charge in [0, 0.05) is 16.5 Å². The first-order valence-corrected chi connectivity index (χ1v) is 13.5. The summed E-state index contributed by atoms with van der Waals surface area (Å²) in [5.74, 6) is 0. The second-order valence-corrected chi connectivity index (χ2v) is 10.0. The summed E-state index contributed by atoms with van der Waals surface area (Å²) in [6.45, 7) is 0. The number of hydrogen-bond acceptors (Lipinski definition) is 2. The van der Waals surface area contributed by atoms with Crippen LogP contribution in [0.25, 0.3) is 60.2 Å². The Morgan fingerprint density at radius 1 is 0.390 bits per heavy atom. The van der Waals surface area contributed by atoms with E-state index in [1.54, 1.807) is 6.07 Å². The molecule has 0 fully saturated rings. The highest BCUT2D eigenvalue weighted by atomic mass is 15.0. The van der Waals surface area contributed by atoms with Crippen LogP contribution in [0.5, 0.6) is 0 Å². The summed E-state index contributed by atoms with van der Waals surface area (Å²) >= 11 is 0. The summed E-state index contributed by atoms with van der Waals surface area (Å²) < 4.78 is 2.19. The Hall–Kier alpha value is -5.90. The first-order valence-electron chi connectivity index (χ1n) is 13.5. The molecule has 0 aliphatic heterocycles. The normalized spacial score (nSPS) is 10.9. The standard InChI is InChI=1S/C38H23N3/c39-24-26-20-27(25-40)22-30(21-26)41-37-17-9-8-16-35(37)33-14-6-4-12-31(33)32-13-5-7-15-34(32)36-23-29(18-19-38(36)41)28-10-2-1-3-11-28/h1-23H.